The van der Waals surface area contributed by atoms with Crippen LogP contribution in [-0.4, -0.2) is 9.97 Å². The van der Waals surface area contributed by atoms with Crippen molar-refractivity contribution in [2.75, 3.05) is 4.90 Å². The summed E-state index contributed by atoms with van der Waals surface area (Å²) in [6, 6.07) is 42.5. The summed E-state index contributed by atoms with van der Waals surface area (Å²) in [4.78, 5) is 11.8. The number of rotatable bonds is 1. The van der Waals surface area contributed by atoms with Gasteiger partial charge < -0.3 is 0 Å². The first-order valence-electron chi connectivity index (χ1n) is 14.3. The van der Waals surface area contributed by atoms with E-state index in [-0.39, 0.29) is 5.41 Å². The van der Waals surface area contributed by atoms with Gasteiger partial charge in [-0.3, -0.25) is 4.90 Å². The largest absolute Gasteiger partial charge is 0.279 e. The molecular formula is C38H27N3. The number of aromatic nitrogens is 2. The van der Waals surface area contributed by atoms with Crippen LogP contribution in [-0.2, 0) is 10.8 Å². The van der Waals surface area contributed by atoms with Crippen LogP contribution in [0.15, 0.2) is 128 Å². The summed E-state index contributed by atoms with van der Waals surface area (Å²) in [7, 11) is 0. The van der Waals surface area contributed by atoms with Crippen molar-refractivity contribution in [1.29, 1.82) is 0 Å². The molecule has 0 bridgehead atoms. The Morgan fingerprint density at radius 3 is 1.59 bits per heavy atom. The average molecular weight is 526 g/mol. The van der Waals surface area contributed by atoms with Crippen LogP contribution in [0.2, 0.25) is 0 Å². The lowest BCUT2D eigenvalue weighted by atomic mass is 9.68. The SMILES string of the molecule is CC1(C)c2ccccc2N(c2ncccn2)c2cc3c(cc21)-c1ccccc1C31c2ccccc2-c2ccccc21. The number of hydrogen-bond donors (Lipinski definition) is 0. The van der Waals surface area contributed by atoms with E-state index in [1.807, 2.05) is 18.5 Å². The fraction of sp³-hybridized carbons (Fsp3) is 0.105. The molecule has 2 aliphatic carbocycles. The van der Waals surface area contributed by atoms with Gasteiger partial charge in [0.2, 0.25) is 5.95 Å². The van der Waals surface area contributed by atoms with Crippen LogP contribution in [0.1, 0.15) is 47.2 Å². The fourth-order valence-corrected chi connectivity index (χ4v) is 7.91. The molecule has 0 amide bonds. The third-order valence-corrected chi connectivity index (χ3v) is 9.60. The Labute approximate surface area is 239 Å². The summed E-state index contributed by atoms with van der Waals surface area (Å²) in [6.45, 7) is 4.69. The Bertz CT molecular complexity index is 1990. The summed E-state index contributed by atoms with van der Waals surface area (Å²) < 4.78 is 0. The highest BCUT2D eigenvalue weighted by Crippen LogP contribution is 2.64. The van der Waals surface area contributed by atoms with Crippen molar-refractivity contribution < 1.29 is 0 Å². The van der Waals surface area contributed by atoms with Crippen molar-refractivity contribution in [2.24, 2.45) is 0 Å². The van der Waals surface area contributed by atoms with E-state index in [1.165, 1.54) is 55.6 Å². The summed E-state index contributed by atoms with van der Waals surface area (Å²) in [5.41, 5.74) is 14.9. The van der Waals surface area contributed by atoms with Crippen LogP contribution in [0, 0.1) is 0 Å². The molecule has 0 saturated carbocycles. The van der Waals surface area contributed by atoms with Gasteiger partial charge in [-0.05, 0) is 79.9 Å². The molecule has 3 nitrogen and oxygen atoms in total. The van der Waals surface area contributed by atoms with E-state index in [0.717, 1.165) is 11.4 Å². The van der Waals surface area contributed by atoms with Gasteiger partial charge in [0, 0.05) is 17.8 Å². The highest BCUT2D eigenvalue weighted by molar-refractivity contribution is 5.97. The normalized spacial score (nSPS) is 15.9. The molecule has 6 aromatic rings. The Morgan fingerprint density at radius 2 is 0.976 bits per heavy atom. The molecule has 5 aromatic carbocycles. The van der Waals surface area contributed by atoms with E-state index in [1.54, 1.807) is 0 Å². The van der Waals surface area contributed by atoms with Gasteiger partial charge in [-0.1, -0.05) is 105 Å². The van der Waals surface area contributed by atoms with Crippen molar-refractivity contribution in [1.82, 2.24) is 9.97 Å². The van der Waals surface area contributed by atoms with Crippen LogP contribution in [0.5, 0.6) is 0 Å². The second kappa shape index (κ2) is 7.80. The third-order valence-electron chi connectivity index (χ3n) is 9.60. The summed E-state index contributed by atoms with van der Waals surface area (Å²) in [5.74, 6) is 0.688. The number of nitrogens with zero attached hydrogens (tertiary/aromatic N) is 3. The molecule has 0 atom stereocenters. The van der Waals surface area contributed by atoms with Crippen LogP contribution in [0.25, 0.3) is 22.3 Å². The number of fused-ring (bicyclic) bond motifs is 12. The van der Waals surface area contributed by atoms with Gasteiger partial charge in [-0.2, -0.15) is 0 Å². The third kappa shape index (κ3) is 2.69. The van der Waals surface area contributed by atoms with Crippen molar-refractivity contribution in [3.8, 4) is 22.3 Å². The van der Waals surface area contributed by atoms with Gasteiger partial charge in [0.1, 0.15) is 0 Å². The average Bonchev–Trinajstić information content (AvgIpc) is 3.48. The Kier molecular flexibility index (Phi) is 4.33. The fourth-order valence-electron chi connectivity index (χ4n) is 7.91. The zero-order chi connectivity index (χ0) is 27.3. The van der Waals surface area contributed by atoms with Crippen LogP contribution in [0.3, 0.4) is 0 Å². The van der Waals surface area contributed by atoms with Crippen molar-refractivity contribution in [3.05, 3.63) is 161 Å². The molecular weight excluding hydrogens is 498 g/mol. The van der Waals surface area contributed by atoms with E-state index in [2.05, 4.69) is 128 Å². The molecule has 2 heterocycles. The molecule has 41 heavy (non-hydrogen) atoms. The summed E-state index contributed by atoms with van der Waals surface area (Å²) in [6.07, 6.45) is 3.66. The number of benzene rings is 5. The van der Waals surface area contributed by atoms with Gasteiger partial charge in [0.05, 0.1) is 16.8 Å². The molecule has 1 aliphatic heterocycles. The molecule has 0 saturated heterocycles. The standard InChI is InChI=1S/C38H27N3/c1-37(2)31-18-9-10-19-34(31)41(36-39-20-11-21-40-36)35-23-32-27(22-33(35)37)26-14-5-8-17-30(26)38(32)28-15-6-3-12-24(28)25-13-4-7-16-29(25)38/h3-23H,1-2H3. The predicted octanol–water partition coefficient (Wildman–Crippen LogP) is 8.93. The molecule has 1 spiro atoms. The van der Waals surface area contributed by atoms with E-state index < -0.39 is 5.41 Å². The van der Waals surface area contributed by atoms with E-state index in [4.69, 9.17) is 9.97 Å². The Balaban J connectivity index is 1.44. The second-order valence-corrected chi connectivity index (χ2v) is 11.8. The van der Waals surface area contributed by atoms with E-state index in [0.29, 0.717) is 5.95 Å². The number of anilines is 3. The minimum atomic E-state index is -0.390. The molecule has 0 radical (unpaired) electrons. The first-order valence-corrected chi connectivity index (χ1v) is 14.3. The molecule has 194 valence electrons. The minimum Gasteiger partial charge on any atom is -0.279 e. The van der Waals surface area contributed by atoms with Gasteiger partial charge in [-0.15, -0.1) is 0 Å². The van der Waals surface area contributed by atoms with E-state index in [9.17, 15) is 0 Å². The lowest BCUT2D eigenvalue weighted by Crippen LogP contribution is -2.32. The van der Waals surface area contributed by atoms with Gasteiger partial charge in [0.15, 0.2) is 0 Å². The molecule has 0 N–H and O–H groups in total. The zero-order valence-corrected chi connectivity index (χ0v) is 23.0. The summed E-state index contributed by atoms with van der Waals surface area (Å²) >= 11 is 0. The number of para-hydroxylation sites is 1. The molecule has 0 fully saturated rings. The smallest absolute Gasteiger partial charge is 0.234 e. The predicted molar refractivity (Wildman–Crippen MR) is 165 cm³/mol. The van der Waals surface area contributed by atoms with Crippen molar-refractivity contribution >= 4 is 17.3 Å². The van der Waals surface area contributed by atoms with Crippen molar-refractivity contribution in [2.45, 2.75) is 24.7 Å². The van der Waals surface area contributed by atoms with E-state index >= 15 is 0 Å². The maximum atomic E-state index is 4.76. The molecule has 3 aliphatic rings. The Morgan fingerprint density at radius 1 is 0.463 bits per heavy atom. The van der Waals surface area contributed by atoms with Crippen LogP contribution in [0.4, 0.5) is 17.3 Å². The maximum absolute atomic E-state index is 4.76. The molecule has 3 heteroatoms. The first-order chi connectivity index (χ1) is 20.1. The van der Waals surface area contributed by atoms with Crippen molar-refractivity contribution in [3.63, 3.8) is 0 Å². The number of hydrogen-bond acceptors (Lipinski definition) is 3. The Hall–Kier alpha value is -5.02. The minimum absolute atomic E-state index is 0.206. The zero-order valence-electron chi connectivity index (χ0n) is 23.0. The highest BCUT2D eigenvalue weighted by Gasteiger charge is 2.52. The monoisotopic (exact) mass is 525 g/mol. The second-order valence-electron chi connectivity index (χ2n) is 11.8. The molecule has 0 unspecified atom stereocenters. The van der Waals surface area contributed by atoms with Gasteiger partial charge in [0.25, 0.3) is 0 Å². The topological polar surface area (TPSA) is 29.0 Å². The molecule has 9 rings (SSSR count). The maximum Gasteiger partial charge on any atom is 0.234 e. The van der Waals surface area contributed by atoms with Gasteiger partial charge in [-0.25, -0.2) is 9.97 Å². The lowest BCUT2D eigenvalue weighted by Gasteiger charge is -2.42. The quantitative estimate of drug-likeness (QED) is 0.214. The first kappa shape index (κ1) is 22.8. The van der Waals surface area contributed by atoms with Crippen LogP contribution >= 0.6 is 0 Å². The van der Waals surface area contributed by atoms with Crippen LogP contribution < -0.4 is 4.90 Å². The lowest BCUT2D eigenvalue weighted by molar-refractivity contribution is 0.630. The highest BCUT2D eigenvalue weighted by atomic mass is 15.3. The summed E-state index contributed by atoms with van der Waals surface area (Å²) in [5, 5.41) is 0. The molecule has 1 aromatic heterocycles. The van der Waals surface area contributed by atoms with Gasteiger partial charge >= 0.3 is 0 Å².